The van der Waals surface area contributed by atoms with Gasteiger partial charge >= 0.3 is 0 Å². The highest BCUT2D eigenvalue weighted by Crippen LogP contribution is 2.31. The van der Waals surface area contributed by atoms with Gasteiger partial charge in [0.05, 0.1) is 5.54 Å². The number of nitrogens with zero attached hydrogens (tertiary/aromatic N) is 6. The van der Waals surface area contributed by atoms with E-state index in [0.717, 1.165) is 55.9 Å². The molecule has 0 unspecified atom stereocenters. The number of tetrazole rings is 1. The summed E-state index contributed by atoms with van der Waals surface area (Å²) >= 11 is 0. The number of piperazine rings is 1. The summed E-state index contributed by atoms with van der Waals surface area (Å²) in [7, 11) is 0. The van der Waals surface area contributed by atoms with Crippen molar-refractivity contribution in [1.29, 1.82) is 0 Å². The average molecular weight is 438 g/mol. The number of aromatic nitrogens is 5. The Morgan fingerprint density at radius 3 is 2.41 bits per heavy atom. The van der Waals surface area contributed by atoms with Crippen molar-refractivity contribution in [3.05, 3.63) is 51.1 Å². The van der Waals surface area contributed by atoms with Crippen LogP contribution >= 0.6 is 0 Å². The largest absolute Gasteiger partial charge is 0.322 e. The van der Waals surface area contributed by atoms with E-state index in [0.29, 0.717) is 5.56 Å². The normalized spacial score (nSPS) is 17.2. The lowest BCUT2D eigenvalue weighted by Crippen LogP contribution is -2.49. The quantitative estimate of drug-likeness (QED) is 0.638. The SMILES string of the molecule is CCN1CCN([C@@H](c2cc3cc(C)c(C)cc3[nH]c2=O)c2nnnn2C(C)(C)CC)CC1. The monoisotopic (exact) mass is 437 g/mol. The van der Waals surface area contributed by atoms with Gasteiger partial charge in [0, 0.05) is 37.3 Å². The number of likely N-dealkylation sites (N-methyl/N-ethyl adjacent to an activating group) is 1. The maximum absolute atomic E-state index is 13.4. The molecule has 1 fully saturated rings. The molecule has 1 N–H and O–H groups in total. The van der Waals surface area contributed by atoms with Crippen LogP contribution in [0.1, 0.15) is 62.7 Å². The molecule has 0 bridgehead atoms. The van der Waals surface area contributed by atoms with Gasteiger partial charge in [-0.25, -0.2) is 4.68 Å². The molecule has 8 nitrogen and oxygen atoms in total. The van der Waals surface area contributed by atoms with Crippen LogP contribution in [0.2, 0.25) is 0 Å². The fourth-order valence-corrected chi connectivity index (χ4v) is 4.48. The van der Waals surface area contributed by atoms with Gasteiger partial charge in [0.1, 0.15) is 6.04 Å². The van der Waals surface area contributed by atoms with Crippen LogP contribution in [0, 0.1) is 13.8 Å². The molecule has 3 heterocycles. The van der Waals surface area contributed by atoms with Gasteiger partial charge in [-0.05, 0) is 85.8 Å². The summed E-state index contributed by atoms with van der Waals surface area (Å²) in [4.78, 5) is 21.3. The third kappa shape index (κ3) is 4.09. The molecule has 172 valence electrons. The number of hydrogen-bond donors (Lipinski definition) is 1. The van der Waals surface area contributed by atoms with Gasteiger partial charge in [-0.2, -0.15) is 0 Å². The van der Waals surface area contributed by atoms with Gasteiger partial charge in [0.25, 0.3) is 5.56 Å². The Balaban J connectivity index is 1.88. The fraction of sp³-hybridized carbons (Fsp3) is 0.583. The molecule has 0 aliphatic carbocycles. The smallest absolute Gasteiger partial charge is 0.253 e. The molecule has 1 atom stereocenters. The van der Waals surface area contributed by atoms with Crippen LogP contribution in [-0.2, 0) is 5.54 Å². The first-order valence-electron chi connectivity index (χ1n) is 11.6. The Labute approximate surface area is 189 Å². The summed E-state index contributed by atoms with van der Waals surface area (Å²) < 4.78 is 1.91. The lowest BCUT2D eigenvalue weighted by Gasteiger charge is -2.39. The summed E-state index contributed by atoms with van der Waals surface area (Å²) in [6.07, 6.45) is 0.883. The van der Waals surface area contributed by atoms with E-state index < -0.39 is 0 Å². The van der Waals surface area contributed by atoms with Crippen LogP contribution in [0.4, 0.5) is 0 Å². The van der Waals surface area contributed by atoms with Crippen molar-refractivity contribution >= 4 is 10.9 Å². The van der Waals surface area contributed by atoms with E-state index >= 15 is 0 Å². The summed E-state index contributed by atoms with van der Waals surface area (Å²) in [6.45, 7) is 17.5. The minimum atomic E-state index is -0.301. The number of aryl methyl sites for hydroxylation is 2. The number of nitrogens with one attached hydrogen (secondary N) is 1. The van der Waals surface area contributed by atoms with E-state index in [-0.39, 0.29) is 17.1 Å². The fourth-order valence-electron chi connectivity index (χ4n) is 4.48. The van der Waals surface area contributed by atoms with E-state index in [1.165, 1.54) is 11.1 Å². The Kier molecular flexibility index (Phi) is 6.18. The standard InChI is InChI=1S/C24H35N7O/c1-7-24(5,6)31-22(26-27-28-31)21(30-11-9-29(8-2)10-12-30)19-15-18-13-16(3)17(4)14-20(18)25-23(19)32/h13-15,21H,7-12H2,1-6H3,(H,25,32)/t21-/m0/s1. The van der Waals surface area contributed by atoms with Crippen LogP contribution in [0.5, 0.6) is 0 Å². The van der Waals surface area contributed by atoms with Gasteiger partial charge in [0.15, 0.2) is 5.82 Å². The van der Waals surface area contributed by atoms with Gasteiger partial charge in [0.2, 0.25) is 0 Å². The molecule has 0 radical (unpaired) electrons. The highest BCUT2D eigenvalue weighted by molar-refractivity contribution is 5.81. The molecule has 32 heavy (non-hydrogen) atoms. The van der Waals surface area contributed by atoms with E-state index in [9.17, 15) is 4.79 Å². The third-order valence-corrected chi connectivity index (χ3v) is 7.18. The highest BCUT2D eigenvalue weighted by atomic mass is 16.1. The maximum Gasteiger partial charge on any atom is 0.253 e. The lowest BCUT2D eigenvalue weighted by atomic mass is 9.98. The van der Waals surface area contributed by atoms with Gasteiger partial charge < -0.3 is 9.88 Å². The highest BCUT2D eigenvalue weighted by Gasteiger charge is 2.35. The first kappa shape index (κ1) is 22.6. The number of rotatable bonds is 6. The molecule has 0 saturated carbocycles. The minimum Gasteiger partial charge on any atom is -0.322 e. The lowest BCUT2D eigenvalue weighted by molar-refractivity contribution is 0.105. The Bertz CT molecular complexity index is 1150. The summed E-state index contributed by atoms with van der Waals surface area (Å²) in [5.41, 5.74) is 3.62. The Morgan fingerprint density at radius 2 is 1.75 bits per heavy atom. The Hall–Kier alpha value is -2.58. The number of pyridine rings is 1. The van der Waals surface area contributed by atoms with Crippen molar-refractivity contribution in [3.63, 3.8) is 0 Å². The summed E-state index contributed by atoms with van der Waals surface area (Å²) in [5, 5.41) is 13.9. The maximum atomic E-state index is 13.4. The first-order valence-corrected chi connectivity index (χ1v) is 11.6. The second-order valence-electron chi connectivity index (χ2n) is 9.57. The van der Waals surface area contributed by atoms with Crippen LogP contribution in [-0.4, -0.2) is 67.7 Å². The number of H-pyrrole nitrogens is 1. The molecule has 0 amide bonds. The molecule has 8 heteroatoms. The topological polar surface area (TPSA) is 82.9 Å². The predicted molar refractivity (Wildman–Crippen MR) is 127 cm³/mol. The van der Waals surface area contributed by atoms with E-state index in [2.05, 4.69) is 84.0 Å². The van der Waals surface area contributed by atoms with E-state index in [1.807, 2.05) is 10.7 Å². The molecule has 2 aromatic heterocycles. The predicted octanol–water partition coefficient (Wildman–Crippen LogP) is 3.00. The van der Waals surface area contributed by atoms with Crippen LogP contribution in [0.15, 0.2) is 23.0 Å². The average Bonchev–Trinajstić information content (AvgIpc) is 3.26. The second kappa shape index (κ2) is 8.75. The molecule has 1 aliphatic heterocycles. The zero-order valence-electron chi connectivity index (χ0n) is 20.1. The molecule has 1 saturated heterocycles. The van der Waals surface area contributed by atoms with Crippen molar-refractivity contribution in [2.24, 2.45) is 0 Å². The number of benzene rings is 1. The van der Waals surface area contributed by atoms with E-state index in [1.54, 1.807) is 0 Å². The van der Waals surface area contributed by atoms with Crippen molar-refractivity contribution in [2.45, 2.75) is 59.5 Å². The third-order valence-electron chi connectivity index (χ3n) is 7.18. The van der Waals surface area contributed by atoms with Gasteiger partial charge in [-0.1, -0.05) is 13.8 Å². The minimum absolute atomic E-state index is 0.0764. The van der Waals surface area contributed by atoms with Crippen LogP contribution < -0.4 is 5.56 Å². The van der Waals surface area contributed by atoms with Crippen LogP contribution in [0.25, 0.3) is 10.9 Å². The number of aromatic amines is 1. The molecule has 4 rings (SSSR count). The van der Waals surface area contributed by atoms with Crippen molar-refractivity contribution in [2.75, 3.05) is 32.7 Å². The Morgan fingerprint density at radius 1 is 1.06 bits per heavy atom. The van der Waals surface area contributed by atoms with Crippen molar-refractivity contribution in [1.82, 2.24) is 35.0 Å². The van der Waals surface area contributed by atoms with Crippen molar-refractivity contribution in [3.8, 4) is 0 Å². The van der Waals surface area contributed by atoms with E-state index in [4.69, 9.17) is 0 Å². The summed E-state index contributed by atoms with van der Waals surface area (Å²) in [5.74, 6) is 0.732. The zero-order chi connectivity index (χ0) is 23.0. The number of fused-ring (bicyclic) bond motifs is 1. The van der Waals surface area contributed by atoms with Gasteiger partial charge in [-0.15, -0.1) is 5.10 Å². The molecular weight excluding hydrogens is 402 g/mol. The zero-order valence-corrected chi connectivity index (χ0v) is 20.1. The molecule has 3 aromatic rings. The molecule has 1 aromatic carbocycles. The number of hydrogen-bond acceptors (Lipinski definition) is 6. The summed E-state index contributed by atoms with van der Waals surface area (Å²) in [6, 6.07) is 5.93. The van der Waals surface area contributed by atoms with Crippen LogP contribution in [0.3, 0.4) is 0 Å². The second-order valence-corrected chi connectivity index (χ2v) is 9.57. The molecule has 1 aliphatic rings. The molecule has 0 spiro atoms. The first-order chi connectivity index (χ1) is 15.2. The van der Waals surface area contributed by atoms with Gasteiger partial charge in [-0.3, -0.25) is 9.69 Å². The molecular formula is C24H35N7O. The van der Waals surface area contributed by atoms with Crippen molar-refractivity contribution < 1.29 is 0 Å².